The Morgan fingerprint density at radius 1 is 1.20 bits per heavy atom. The third-order valence-corrected chi connectivity index (χ3v) is 1.75. The first kappa shape index (κ1) is 7.89. The molecule has 0 nitrogen and oxygen atoms in total. The van der Waals surface area contributed by atoms with Crippen LogP contribution in [0.5, 0.6) is 0 Å². The van der Waals surface area contributed by atoms with Gasteiger partial charge in [-0.1, -0.05) is 0 Å². The molecule has 0 atom stereocenters. The fourth-order valence-electron chi connectivity index (χ4n) is 0.670. The molecule has 1 aromatic carbocycles. The van der Waals surface area contributed by atoms with Crippen molar-refractivity contribution in [2.45, 2.75) is 0 Å². The number of hydrogen-bond donors (Lipinski definition) is 0. The molecule has 0 fully saturated rings. The summed E-state index contributed by atoms with van der Waals surface area (Å²) in [5, 5.41) is 0.785. The third kappa shape index (κ3) is 2.20. The molecule has 0 amide bonds. The first-order valence-corrected chi connectivity index (χ1v) is 4.51. The van der Waals surface area contributed by atoms with Gasteiger partial charge in [-0.25, -0.2) is 0 Å². The van der Waals surface area contributed by atoms with Crippen LogP contribution in [0.3, 0.4) is 0 Å². The van der Waals surface area contributed by atoms with Crippen molar-refractivity contribution < 1.29 is 0 Å². The van der Waals surface area contributed by atoms with Crippen molar-refractivity contribution >= 4 is 34.2 Å². The molecule has 0 saturated heterocycles. The molecule has 0 aliphatic heterocycles. The zero-order valence-corrected chi connectivity index (χ0v) is 8.20. The van der Waals surface area contributed by atoms with Crippen LogP contribution < -0.4 is 0 Å². The summed E-state index contributed by atoms with van der Waals surface area (Å²) < 4.78 is 0. The summed E-state index contributed by atoms with van der Waals surface area (Å²) in [6, 6.07) is 7.75. The third-order valence-electron chi connectivity index (χ3n) is 1.15. The van der Waals surface area contributed by atoms with Crippen LogP contribution in [0.2, 0.25) is 5.02 Å². The molecule has 10 heavy (non-hydrogen) atoms. The second-order valence-electron chi connectivity index (χ2n) is 1.88. The monoisotopic (exact) mass is 211 g/mol. The summed E-state index contributed by atoms with van der Waals surface area (Å²) >= 11 is 7.68. The number of hydrogen-bond acceptors (Lipinski definition) is 0. The summed E-state index contributed by atoms with van der Waals surface area (Å²) in [5.74, 6) is 0. The maximum atomic E-state index is 5.69. The van der Waals surface area contributed by atoms with Crippen molar-refractivity contribution in [3.05, 3.63) is 39.8 Å². The van der Waals surface area contributed by atoms with E-state index in [1.54, 1.807) is 0 Å². The van der Waals surface area contributed by atoms with Crippen LogP contribution in [-0.2, 0) is 0 Å². The van der Waals surface area contributed by atoms with Gasteiger partial charge in [-0.05, 0) is 0 Å². The quantitative estimate of drug-likeness (QED) is 0.625. The Morgan fingerprint density at radius 2 is 1.80 bits per heavy atom. The second-order valence-corrected chi connectivity index (χ2v) is 3.02. The molecule has 1 aromatic rings. The summed E-state index contributed by atoms with van der Waals surface area (Å²) in [5.41, 5.74) is 1.19. The minimum absolute atomic E-state index is 0.785. The van der Waals surface area contributed by atoms with E-state index in [9.17, 15) is 0 Å². The van der Waals surface area contributed by atoms with Gasteiger partial charge >= 0.3 is 74.0 Å². The van der Waals surface area contributed by atoms with Crippen molar-refractivity contribution in [3.63, 3.8) is 0 Å². The fraction of sp³-hybridized carbons (Fsp3) is 0. The van der Waals surface area contributed by atoms with Crippen LogP contribution in [0.1, 0.15) is 5.56 Å². The van der Waals surface area contributed by atoms with Crippen LogP contribution in [-0.4, -0.2) is 16.5 Å². The van der Waals surface area contributed by atoms with Gasteiger partial charge in [0.15, 0.2) is 0 Å². The van der Waals surface area contributed by atoms with Gasteiger partial charge in [-0.3, -0.25) is 0 Å². The number of benzene rings is 1. The molecule has 0 aromatic heterocycles. The predicted octanol–water partition coefficient (Wildman–Crippen LogP) is 2.48. The van der Waals surface area contributed by atoms with Crippen LogP contribution in [0.4, 0.5) is 0 Å². The van der Waals surface area contributed by atoms with Crippen molar-refractivity contribution in [2.24, 2.45) is 0 Å². The summed E-state index contributed by atoms with van der Waals surface area (Å²) in [7, 11) is 0. The standard InChI is InChI=1S/C8H6ClGe/c9-8-3-1-7(2-4-8)5-6-10/h1-6H/b6-5-. The molecule has 0 saturated carbocycles. The van der Waals surface area contributed by atoms with E-state index in [-0.39, 0.29) is 0 Å². The Bertz CT molecular complexity index is 226. The Morgan fingerprint density at radius 3 is 2.30 bits per heavy atom. The van der Waals surface area contributed by atoms with E-state index in [4.69, 9.17) is 11.6 Å². The summed E-state index contributed by atoms with van der Waals surface area (Å²) in [6.45, 7) is 0. The van der Waals surface area contributed by atoms with Gasteiger partial charge < -0.3 is 0 Å². The van der Waals surface area contributed by atoms with E-state index in [0.717, 1.165) is 5.02 Å². The molecular weight excluding hydrogens is 204 g/mol. The summed E-state index contributed by atoms with van der Waals surface area (Å²) in [4.78, 5) is 2.00. The van der Waals surface area contributed by atoms with Crippen LogP contribution >= 0.6 is 11.6 Å². The first-order chi connectivity index (χ1) is 4.83. The van der Waals surface area contributed by atoms with E-state index in [1.807, 2.05) is 51.8 Å². The molecule has 49 valence electrons. The van der Waals surface area contributed by atoms with Gasteiger partial charge in [0.2, 0.25) is 0 Å². The van der Waals surface area contributed by atoms with Gasteiger partial charge in [0.1, 0.15) is 0 Å². The van der Waals surface area contributed by atoms with E-state index >= 15 is 0 Å². The van der Waals surface area contributed by atoms with Gasteiger partial charge in [0.05, 0.1) is 0 Å². The predicted molar refractivity (Wildman–Crippen MR) is 46.2 cm³/mol. The molecule has 0 bridgehead atoms. The molecule has 0 unspecified atom stereocenters. The number of halogens is 1. The van der Waals surface area contributed by atoms with E-state index in [0.29, 0.717) is 0 Å². The van der Waals surface area contributed by atoms with Gasteiger partial charge in [-0.15, -0.1) is 0 Å². The molecule has 0 N–H and O–H groups in total. The zero-order chi connectivity index (χ0) is 7.40. The van der Waals surface area contributed by atoms with Gasteiger partial charge in [0.25, 0.3) is 0 Å². The normalized spacial score (nSPS) is 10.6. The molecule has 0 aliphatic carbocycles. The molecule has 2 heteroatoms. The average Bonchev–Trinajstić information content (AvgIpc) is 1.95. The second kappa shape index (κ2) is 3.84. The summed E-state index contributed by atoms with van der Waals surface area (Å²) in [6.07, 6.45) is 2.04. The fourth-order valence-corrected chi connectivity index (χ4v) is 1.20. The zero-order valence-electron chi connectivity index (χ0n) is 5.34. The first-order valence-electron chi connectivity index (χ1n) is 2.92. The van der Waals surface area contributed by atoms with Crippen molar-refractivity contribution in [2.75, 3.05) is 0 Å². The SMILES string of the molecule is Clc1ccc(/C=[CH]\[Ge])cc1. The van der Waals surface area contributed by atoms with Gasteiger partial charge in [-0.2, -0.15) is 0 Å². The van der Waals surface area contributed by atoms with E-state index < -0.39 is 0 Å². The van der Waals surface area contributed by atoms with Crippen molar-refractivity contribution in [1.29, 1.82) is 0 Å². The van der Waals surface area contributed by atoms with Crippen molar-refractivity contribution in [1.82, 2.24) is 0 Å². The van der Waals surface area contributed by atoms with Crippen LogP contribution in [0.15, 0.2) is 29.2 Å². The molecular formula is C8H6ClGe. The van der Waals surface area contributed by atoms with Crippen molar-refractivity contribution in [3.8, 4) is 0 Å². The Kier molecular flexibility index (Phi) is 3.03. The number of rotatable bonds is 1. The minimum atomic E-state index is 0.785. The molecule has 0 aliphatic rings. The molecule has 0 heterocycles. The average molecular weight is 210 g/mol. The van der Waals surface area contributed by atoms with E-state index in [1.165, 1.54) is 5.56 Å². The molecule has 3 radical (unpaired) electrons. The molecule has 1 rings (SSSR count). The molecule has 0 spiro atoms. The van der Waals surface area contributed by atoms with Crippen LogP contribution in [0, 0.1) is 0 Å². The van der Waals surface area contributed by atoms with Crippen LogP contribution in [0.25, 0.3) is 6.08 Å². The Balaban J connectivity index is 2.89. The Labute approximate surface area is 74.1 Å². The maximum absolute atomic E-state index is 5.69. The topological polar surface area (TPSA) is 0 Å². The van der Waals surface area contributed by atoms with Gasteiger partial charge in [0, 0.05) is 0 Å². The van der Waals surface area contributed by atoms with E-state index in [2.05, 4.69) is 0 Å². The Hall–Kier alpha value is -0.207.